The topological polar surface area (TPSA) is 57.7 Å². The van der Waals surface area contributed by atoms with Crippen LogP contribution in [0, 0.1) is 5.82 Å². The predicted octanol–water partition coefficient (Wildman–Crippen LogP) is 4.05. The number of halogens is 1. The number of carbonyl (C=O) groups is 1. The van der Waals surface area contributed by atoms with Crippen LogP contribution in [0.5, 0.6) is 0 Å². The summed E-state index contributed by atoms with van der Waals surface area (Å²) in [6.07, 6.45) is 0.305. The van der Waals surface area contributed by atoms with Gasteiger partial charge in [-0.2, -0.15) is 4.31 Å². The van der Waals surface area contributed by atoms with Gasteiger partial charge in [-0.05, 0) is 53.6 Å². The van der Waals surface area contributed by atoms with Gasteiger partial charge in [0.15, 0.2) is 0 Å². The van der Waals surface area contributed by atoms with Gasteiger partial charge in [-0.15, -0.1) is 11.3 Å². The molecule has 8 heteroatoms. The summed E-state index contributed by atoms with van der Waals surface area (Å²) in [6, 6.07) is 16.1. The van der Waals surface area contributed by atoms with E-state index in [0.29, 0.717) is 18.5 Å². The Morgan fingerprint density at radius 1 is 1.13 bits per heavy atom. The number of benzene rings is 2. The van der Waals surface area contributed by atoms with Crippen molar-refractivity contribution in [1.82, 2.24) is 9.21 Å². The number of thiophene rings is 1. The van der Waals surface area contributed by atoms with Crippen LogP contribution in [0.15, 0.2) is 70.3 Å². The monoisotopic (exact) mass is 458 g/mol. The molecule has 1 aromatic heterocycles. The highest BCUT2D eigenvalue weighted by atomic mass is 32.2. The second-order valence-corrected chi connectivity index (χ2v) is 10.5. The molecule has 0 bridgehead atoms. The summed E-state index contributed by atoms with van der Waals surface area (Å²) < 4.78 is 42.0. The van der Waals surface area contributed by atoms with Gasteiger partial charge < -0.3 is 4.90 Å². The average molecular weight is 459 g/mol. The fourth-order valence-electron chi connectivity index (χ4n) is 3.90. The molecule has 1 aliphatic heterocycles. The molecule has 0 fully saturated rings. The molecule has 1 atom stereocenters. The minimum absolute atomic E-state index is 0.143. The van der Waals surface area contributed by atoms with Crippen molar-refractivity contribution in [2.75, 3.05) is 6.54 Å². The number of hydrogen-bond acceptors (Lipinski definition) is 4. The highest BCUT2D eigenvalue weighted by Gasteiger charge is 2.41. The lowest BCUT2D eigenvalue weighted by atomic mass is 9.95. The Bertz CT molecular complexity index is 1180. The Morgan fingerprint density at radius 2 is 1.90 bits per heavy atom. The second-order valence-electron chi connectivity index (χ2n) is 7.45. The first-order valence-electron chi connectivity index (χ1n) is 10.1. The number of fused-ring (bicyclic) bond motifs is 1. The van der Waals surface area contributed by atoms with E-state index in [1.807, 2.05) is 31.2 Å². The third-order valence-corrected chi connectivity index (χ3v) is 8.73. The van der Waals surface area contributed by atoms with Crippen LogP contribution in [0.1, 0.15) is 23.6 Å². The standard InChI is InChI=1S/C23H23FN2O3S2/c1-2-25(15-17-7-5-10-20(24)13-17)23(27)21-14-18-8-3-4-9-19(18)16-26(21)31(28,29)22-11-6-12-30-22/h3-13,21H,2,14-16H2,1H3. The lowest BCUT2D eigenvalue weighted by Crippen LogP contribution is -2.53. The maximum absolute atomic E-state index is 13.6. The summed E-state index contributed by atoms with van der Waals surface area (Å²) in [5.41, 5.74) is 2.54. The van der Waals surface area contributed by atoms with Gasteiger partial charge in [-0.1, -0.05) is 42.5 Å². The molecule has 0 N–H and O–H groups in total. The third kappa shape index (κ3) is 4.42. The maximum Gasteiger partial charge on any atom is 0.253 e. The molecule has 1 amide bonds. The van der Waals surface area contributed by atoms with Gasteiger partial charge in [0.2, 0.25) is 5.91 Å². The number of carbonyl (C=O) groups excluding carboxylic acids is 1. The number of nitrogens with zero attached hydrogens (tertiary/aromatic N) is 2. The van der Waals surface area contributed by atoms with Crippen molar-refractivity contribution in [3.8, 4) is 0 Å². The third-order valence-electron chi connectivity index (χ3n) is 5.50. The van der Waals surface area contributed by atoms with E-state index in [1.165, 1.54) is 16.4 Å². The van der Waals surface area contributed by atoms with Crippen molar-refractivity contribution >= 4 is 27.3 Å². The van der Waals surface area contributed by atoms with Gasteiger partial charge in [0.05, 0.1) is 0 Å². The van der Waals surface area contributed by atoms with E-state index in [4.69, 9.17) is 0 Å². The van der Waals surface area contributed by atoms with E-state index in [2.05, 4.69) is 0 Å². The van der Waals surface area contributed by atoms with Crippen molar-refractivity contribution in [2.24, 2.45) is 0 Å². The first kappa shape index (κ1) is 21.7. The number of sulfonamides is 1. The molecule has 0 aliphatic carbocycles. The average Bonchev–Trinajstić information content (AvgIpc) is 3.32. The summed E-state index contributed by atoms with van der Waals surface area (Å²) in [4.78, 5) is 15.2. The van der Waals surface area contributed by atoms with Gasteiger partial charge >= 0.3 is 0 Å². The SMILES string of the molecule is CCN(Cc1cccc(F)c1)C(=O)C1Cc2ccccc2CN1S(=O)(=O)c1cccs1. The molecule has 2 aromatic carbocycles. The van der Waals surface area contributed by atoms with E-state index in [9.17, 15) is 17.6 Å². The van der Waals surface area contributed by atoms with Crippen molar-refractivity contribution in [3.63, 3.8) is 0 Å². The van der Waals surface area contributed by atoms with Crippen LogP contribution in [0.4, 0.5) is 4.39 Å². The largest absolute Gasteiger partial charge is 0.337 e. The second kappa shape index (κ2) is 8.90. The van der Waals surface area contributed by atoms with Crippen LogP contribution in [-0.2, 0) is 34.3 Å². The molecule has 0 saturated carbocycles. The number of hydrogen-bond donors (Lipinski definition) is 0. The molecule has 5 nitrogen and oxygen atoms in total. The zero-order chi connectivity index (χ0) is 22.0. The number of likely N-dealkylation sites (N-methyl/N-ethyl adjacent to an activating group) is 1. The zero-order valence-corrected chi connectivity index (χ0v) is 18.7. The summed E-state index contributed by atoms with van der Waals surface area (Å²) in [5.74, 6) is -0.643. The minimum Gasteiger partial charge on any atom is -0.337 e. The van der Waals surface area contributed by atoms with E-state index >= 15 is 0 Å². The summed E-state index contributed by atoms with van der Waals surface area (Å²) in [7, 11) is -3.83. The highest BCUT2D eigenvalue weighted by Crippen LogP contribution is 2.31. The zero-order valence-electron chi connectivity index (χ0n) is 17.1. The first-order valence-corrected chi connectivity index (χ1v) is 12.4. The van der Waals surface area contributed by atoms with Gasteiger partial charge in [-0.3, -0.25) is 4.79 Å². The molecule has 1 aliphatic rings. The normalized spacial score (nSPS) is 16.6. The molecule has 4 rings (SSSR count). The molecule has 2 heterocycles. The van der Waals surface area contributed by atoms with Crippen molar-refractivity contribution in [1.29, 1.82) is 0 Å². The van der Waals surface area contributed by atoms with Crippen LogP contribution in [-0.4, -0.2) is 36.1 Å². The molecular weight excluding hydrogens is 435 g/mol. The smallest absolute Gasteiger partial charge is 0.253 e. The molecule has 31 heavy (non-hydrogen) atoms. The van der Waals surface area contributed by atoms with Crippen molar-refractivity contribution in [3.05, 3.63) is 88.6 Å². The van der Waals surface area contributed by atoms with Gasteiger partial charge in [0.25, 0.3) is 10.0 Å². The molecule has 1 unspecified atom stereocenters. The van der Waals surface area contributed by atoms with Crippen LogP contribution in [0.3, 0.4) is 0 Å². The Morgan fingerprint density at radius 3 is 2.58 bits per heavy atom. The summed E-state index contributed by atoms with van der Waals surface area (Å²) in [6.45, 7) is 2.59. The predicted molar refractivity (Wildman–Crippen MR) is 118 cm³/mol. The lowest BCUT2D eigenvalue weighted by molar-refractivity contribution is -0.136. The number of rotatable bonds is 6. The fraction of sp³-hybridized carbons (Fsp3) is 0.261. The quantitative estimate of drug-likeness (QED) is 0.560. The molecule has 162 valence electrons. The number of amides is 1. The Kier molecular flexibility index (Phi) is 6.22. The van der Waals surface area contributed by atoms with E-state index in [0.717, 1.165) is 22.5 Å². The van der Waals surface area contributed by atoms with Crippen LogP contribution in [0.25, 0.3) is 0 Å². The maximum atomic E-state index is 13.6. The first-order chi connectivity index (χ1) is 14.9. The van der Waals surface area contributed by atoms with E-state index in [1.54, 1.807) is 34.5 Å². The van der Waals surface area contributed by atoms with E-state index in [-0.39, 0.29) is 29.0 Å². The highest BCUT2D eigenvalue weighted by molar-refractivity contribution is 7.91. The molecular formula is C23H23FN2O3S2. The van der Waals surface area contributed by atoms with Crippen LogP contribution >= 0.6 is 11.3 Å². The van der Waals surface area contributed by atoms with Gasteiger partial charge in [0.1, 0.15) is 16.1 Å². The van der Waals surface area contributed by atoms with Gasteiger partial charge in [-0.25, -0.2) is 12.8 Å². The van der Waals surface area contributed by atoms with Crippen LogP contribution < -0.4 is 0 Å². The summed E-state index contributed by atoms with van der Waals surface area (Å²) >= 11 is 1.14. The Labute approximate surface area is 185 Å². The Balaban J connectivity index is 1.69. The van der Waals surface area contributed by atoms with Crippen LogP contribution in [0.2, 0.25) is 0 Å². The van der Waals surface area contributed by atoms with Gasteiger partial charge in [0, 0.05) is 19.6 Å². The van der Waals surface area contributed by atoms with Crippen molar-refractivity contribution < 1.29 is 17.6 Å². The lowest BCUT2D eigenvalue weighted by Gasteiger charge is -2.37. The molecule has 0 spiro atoms. The minimum atomic E-state index is -3.83. The Hall–Kier alpha value is -2.55. The molecule has 0 saturated heterocycles. The molecule has 0 radical (unpaired) electrons. The van der Waals surface area contributed by atoms with E-state index < -0.39 is 16.1 Å². The summed E-state index contributed by atoms with van der Waals surface area (Å²) in [5, 5.41) is 1.71. The molecule has 3 aromatic rings. The fourth-order valence-corrected chi connectivity index (χ4v) is 6.58. The van der Waals surface area contributed by atoms with Crippen molar-refractivity contribution in [2.45, 2.75) is 36.7 Å².